The average Bonchev–Trinajstić information content (AvgIpc) is 4.30. The lowest BCUT2D eigenvalue weighted by Gasteiger charge is -2.29. The van der Waals surface area contributed by atoms with Crippen LogP contribution in [0.15, 0.2) is 270 Å². The second kappa shape index (κ2) is 20.6. The van der Waals surface area contributed by atoms with Gasteiger partial charge in [0.15, 0.2) is 11.2 Å². The van der Waals surface area contributed by atoms with Crippen LogP contribution in [0.25, 0.3) is 98.4 Å². The van der Waals surface area contributed by atoms with Crippen molar-refractivity contribution in [1.29, 1.82) is 0 Å². The molecule has 4 heteroatoms. The van der Waals surface area contributed by atoms with Crippen LogP contribution in [0.1, 0.15) is 30.5 Å². The maximum absolute atomic E-state index is 6.92. The van der Waals surface area contributed by atoms with E-state index >= 15 is 0 Å². The first kappa shape index (κ1) is 48.7. The number of rotatable bonds is 8. The molecule has 0 fully saturated rings. The molecule has 0 spiro atoms. The molecular formula is C75H58N2O2. The van der Waals surface area contributed by atoms with Gasteiger partial charge in [0.1, 0.15) is 11.2 Å². The van der Waals surface area contributed by atoms with Crippen LogP contribution in [0.3, 0.4) is 0 Å². The van der Waals surface area contributed by atoms with Gasteiger partial charge in [-0.15, -0.1) is 0 Å². The number of fused-ring (bicyclic) bond motifs is 6. The largest absolute Gasteiger partial charge is 0.454 e. The SMILES string of the molecule is CC.Cc1cccc2c1oc1c(N(c3ccc(-c4ccccc4)cc3)c3ccc4ccc5c(N(c6ccc(-c7ccccc7)cc6)c6cccc7c6oc6c(C)cccc67)ccc6ccc3c4c65)cccc12.Cc1ccccc1. The van der Waals surface area contributed by atoms with Crippen molar-refractivity contribution in [1.82, 2.24) is 0 Å². The standard InChI is InChI=1S/C66H44N2O2.C7H8.C2H6/c1-41-13-9-19-51-53-21-11-23-59(65(53)69-63(41)51)67(49-33-25-45(26-34-49)43-15-5-3-6-16-43)57-39-31-47-30-38-56-58(40-32-48-29-37-55(57)61(47)62(48)56)68(50-35-27-46(28-36-50)44-17-7-4-8-18-44)60-24-12-22-54-52-20-10-14-42(2)64(52)70-66(54)60;1-7-5-3-2-4-6-7;1-2/h3-40H,1-2H3;2-6H,1H3;1-2H3. The van der Waals surface area contributed by atoms with E-state index in [1.807, 2.05) is 32.0 Å². The van der Waals surface area contributed by atoms with Crippen LogP contribution in [0.5, 0.6) is 0 Å². The van der Waals surface area contributed by atoms with Crippen LogP contribution in [0, 0.1) is 20.8 Å². The van der Waals surface area contributed by atoms with Crippen LogP contribution in [-0.4, -0.2) is 0 Å². The summed E-state index contributed by atoms with van der Waals surface area (Å²) in [4.78, 5) is 4.79. The van der Waals surface area contributed by atoms with Crippen LogP contribution < -0.4 is 9.80 Å². The average molecular weight is 1020 g/mol. The lowest BCUT2D eigenvalue weighted by Crippen LogP contribution is -2.12. The first-order chi connectivity index (χ1) is 38.9. The fourth-order valence-corrected chi connectivity index (χ4v) is 11.6. The highest BCUT2D eigenvalue weighted by molar-refractivity contribution is 6.29. The Balaban J connectivity index is 0.000000607. The summed E-state index contributed by atoms with van der Waals surface area (Å²) >= 11 is 0. The highest BCUT2D eigenvalue weighted by atomic mass is 16.3. The molecule has 0 bridgehead atoms. The van der Waals surface area contributed by atoms with Crippen molar-refractivity contribution in [3.63, 3.8) is 0 Å². The van der Waals surface area contributed by atoms with Crippen molar-refractivity contribution in [2.75, 3.05) is 9.80 Å². The molecule has 0 aliphatic heterocycles. The van der Waals surface area contributed by atoms with Gasteiger partial charge in [0, 0.05) is 43.7 Å². The molecule has 0 saturated heterocycles. The Morgan fingerprint density at radius 2 is 0.595 bits per heavy atom. The molecule has 0 saturated carbocycles. The van der Waals surface area contributed by atoms with E-state index in [4.69, 9.17) is 8.83 Å². The summed E-state index contributed by atoms with van der Waals surface area (Å²) in [6.07, 6.45) is 0. The van der Waals surface area contributed by atoms with E-state index in [9.17, 15) is 0 Å². The molecule has 15 aromatic rings. The first-order valence-corrected chi connectivity index (χ1v) is 27.4. The molecule has 15 rings (SSSR count). The second-order valence-electron chi connectivity index (χ2n) is 20.2. The zero-order valence-corrected chi connectivity index (χ0v) is 45.0. The third-order valence-electron chi connectivity index (χ3n) is 15.4. The Morgan fingerprint density at radius 1 is 0.253 bits per heavy atom. The van der Waals surface area contributed by atoms with Crippen molar-refractivity contribution < 1.29 is 8.83 Å². The minimum atomic E-state index is 0.857. The van der Waals surface area contributed by atoms with Gasteiger partial charge in [-0.2, -0.15) is 0 Å². The number of nitrogens with zero attached hydrogens (tertiary/aromatic N) is 2. The summed E-state index contributed by atoms with van der Waals surface area (Å²) in [5.41, 5.74) is 18.0. The zero-order chi connectivity index (χ0) is 53.6. The van der Waals surface area contributed by atoms with Crippen molar-refractivity contribution in [2.45, 2.75) is 34.6 Å². The molecule has 79 heavy (non-hydrogen) atoms. The molecule has 4 nitrogen and oxygen atoms in total. The summed E-state index contributed by atoms with van der Waals surface area (Å²) in [7, 11) is 0. The Kier molecular flexibility index (Phi) is 12.7. The van der Waals surface area contributed by atoms with Gasteiger partial charge in [-0.25, -0.2) is 0 Å². The van der Waals surface area contributed by atoms with Crippen LogP contribution >= 0.6 is 0 Å². The summed E-state index contributed by atoms with van der Waals surface area (Å²) in [6.45, 7) is 10.3. The molecule has 0 unspecified atom stereocenters. The lowest BCUT2D eigenvalue weighted by molar-refractivity contribution is 0.665. The summed E-state index contributed by atoms with van der Waals surface area (Å²) < 4.78 is 13.8. The summed E-state index contributed by atoms with van der Waals surface area (Å²) in [5.74, 6) is 0. The lowest BCUT2D eigenvalue weighted by atomic mass is 9.91. The van der Waals surface area contributed by atoms with Gasteiger partial charge in [0.05, 0.1) is 22.7 Å². The van der Waals surface area contributed by atoms with Crippen LogP contribution in [0.4, 0.5) is 34.1 Å². The van der Waals surface area contributed by atoms with E-state index in [1.54, 1.807) is 0 Å². The number of aryl methyl sites for hydroxylation is 3. The second-order valence-corrected chi connectivity index (χ2v) is 20.2. The molecule has 380 valence electrons. The number of para-hydroxylation sites is 4. The molecule has 13 aromatic carbocycles. The number of hydrogen-bond donors (Lipinski definition) is 0. The molecule has 0 N–H and O–H groups in total. The minimum Gasteiger partial charge on any atom is -0.454 e. The number of anilines is 6. The Labute approximate surface area is 461 Å². The van der Waals surface area contributed by atoms with Gasteiger partial charge >= 0.3 is 0 Å². The normalized spacial score (nSPS) is 11.4. The topological polar surface area (TPSA) is 32.8 Å². The highest BCUT2D eigenvalue weighted by Crippen LogP contribution is 2.51. The van der Waals surface area contributed by atoms with Gasteiger partial charge in [0.25, 0.3) is 0 Å². The third-order valence-corrected chi connectivity index (χ3v) is 15.4. The number of hydrogen-bond acceptors (Lipinski definition) is 4. The zero-order valence-electron chi connectivity index (χ0n) is 45.0. The van der Waals surface area contributed by atoms with Gasteiger partial charge in [-0.1, -0.05) is 232 Å². The maximum atomic E-state index is 6.92. The third kappa shape index (κ3) is 8.59. The number of benzene rings is 13. The smallest absolute Gasteiger partial charge is 0.159 e. The van der Waals surface area contributed by atoms with E-state index in [-0.39, 0.29) is 0 Å². The van der Waals surface area contributed by atoms with Crippen molar-refractivity contribution in [3.8, 4) is 22.3 Å². The van der Waals surface area contributed by atoms with E-state index in [0.717, 1.165) is 111 Å². The van der Waals surface area contributed by atoms with E-state index in [1.165, 1.54) is 38.2 Å². The Hall–Kier alpha value is -9.90. The Bertz CT molecular complexity index is 4350. The quantitative estimate of drug-likeness (QED) is 0.142. The van der Waals surface area contributed by atoms with Crippen molar-refractivity contribution >= 4 is 110 Å². The summed E-state index contributed by atoms with van der Waals surface area (Å²) in [6, 6.07) is 93.6. The first-order valence-electron chi connectivity index (χ1n) is 27.4. The molecule has 0 aliphatic rings. The fourth-order valence-electron chi connectivity index (χ4n) is 11.6. The van der Waals surface area contributed by atoms with Crippen LogP contribution in [-0.2, 0) is 0 Å². The van der Waals surface area contributed by atoms with Crippen molar-refractivity contribution in [3.05, 3.63) is 278 Å². The van der Waals surface area contributed by atoms with E-state index in [2.05, 4.69) is 273 Å². The van der Waals surface area contributed by atoms with Gasteiger partial charge in [0.2, 0.25) is 0 Å². The molecular weight excluding hydrogens is 961 g/mol. The maximum Gasteiger partial charge on any atom is 0.159 e. The number of furan rings is 2. The molecule has 0 aliphatic carbocycles. The van der Waals surface area contributed by atoms with Gasteiger partial charge in [-0.05, 0) is 124 Å². The van der Waals surface area contributed by atoms with E-state index < -0.39 is 0 Å². The fraction of sp³-hybridized carbons (Fsp3) is 0.0667. The molecule has 0 atom stereocenters. The molecule has 0 amide bonds. The molecule has 2 heterocycles. The predicted molar refractivity (Wildman–Crippen MR) is 337 cm³/mol. The Morgan fingerprint density at radius 3 is 0.975 bits per heavy atom. The van der Waals surface area contributed by atoms with Crippen molar-refractivity contribution in [2.24, 2.45) is 0 Å². The highest BCUT2D eigenvalue weighted by Gasteiger charge is 2.26. The summed E-state index contributed by atoms with van der Waals surface area (Å²) in [5, 5.41) is 11.5. The van der Waals surface area contributed by atoms with Gasteiger partial charge < -0.3 is 18.6 Å². The molecule has 0 radical (unpaired) electrons. The minimum absolute atomic E-state index is 0.857. The van der Waals surface area contributed by atoms with E-state index in [0.29, 0.717) is 0 Å². The molecule has 2 aromatic heterocycles. The predicted octanol–water partition coefficient (Wildman–Crippen LogP) is 22.3. The van der Waals surface area contributed by atoms with Crippen LogP contribution in [0.2, 0.25) is 0 Å². The monoisotopic (exact) mass is 1020 g/mol. The van der Waals surface area contributed by atoms with Gasteiger partial charge in [-0.3, -0.25) is 0 Å².